The fraction of sp³-hybridized carbons (Fsp3) is 0.481. The monoisotopic (exact) mass is 560 g/mol. The number of anilines is 1. The van der Waals surface area contributed by atoms with E-state index in [2.05, 4.69) is 4.90 Å². The summed E-state index contributed by atoms with van der Waals surface area (Å²) in [6, 6.07) is 10.5. The Balaban J connectivity index is 1.56. The van der Waals surface area contributed by atoms with Crippen molar-refractivity contribution in [2.24, 2.45) is 5.92 Å². The number of hydrogen-bond acceptors (Lipinski definition) is 8. The average Bonchev–Trinajstić information content (AvgIpc) is 3.35. The smallest absolute Gasteiger partial charge is 0.243 e. The standard InChI is InChI=1S/C27H36N4O5S2/c1-19-7-9-21(10-8-19)38(33,34)30-17-13-20(14-18-30)26(32)31(16-6-15-29(2)3)27-28-24-22(35-4)11-12-23(36-5)25(24)37-27/h7-12,20H,6,13-18H2,1-5H3. The van der Waals surface area contributed by atoms with E-state index in [1.165, 1.54) is 15.6 Å². The summed E-state index contributed by atoms with van der Waals surface area (Å²) < 4.78 is 39.7. The van der Waals surface area contributed by atoms with Crippen molar-refractivity contribution in [2.75, 3.05) is 59.4 Å². The number of ether oxygens (including phenoxy) is 2. The molecular weight excluding hydrogens is 524 g/mol. The number of carbonyl (C=O) groups excluding carboxylic acids is 1. The third kappa shape index (κ3) is 5.96. The van der Waals surface area contributed by atoms with E-state index < -0.39 is 10.0 Å². The van der Waals surface area contributed by atoms with Gasteiger partial charge in [-0.25, -0.2) is 13.4 Å². The van der Waals surface area contributed by atoms with Crippen LogP contribution in [0.2, 0.25) is 0 Å². The van der Waals surface area contributed by atoms with Gasteiger partial charge in [-0.3, -0.25) is 9.69 Å². The molecule has 0 N–H and O–H groups in total. The summed E-state index contributed by atoms with van der Waals surface area (Å²) in [4.78, 5) is 22.8. The summed E-state index contributed by atoms with van der Waals surface area (Å²) in [5.74, 6) is 1.00. The highest BCUT2D eigenvalue weighted by atomic mass is 32.2. The van der Waals surface area contributed by atoms with Crippen molar-refractivity contribution >= 4 is 42.6 Å². The number of carbonyl (C=O) groups is 1. The van der Waals surface area contributed by atoms with E-state index >= 15 is 0 Å². The van der Waals surface area contributed by atoms with Crippen molar-refractivity contribution in [3.8, 4) is 11.5 Å². The summed E-state index contributed by atoms with van der Waals surface area (Å²) in [7, 11) is 3.62. The maximum absolute atomic E-state index is 13.9. The minimum Gasteiger partial charge on any atom is -0.495 e. The third-order valence-electron chi connectivity index (χ3n) is 6.84. The van der Waals surface area contributed by atoms with Gasteiger partial charge in [-0.05, 0) is 71.1 Å². The molecule has 206 valence electrons. The summed E-state index contributed by atoms with van der Waals surface area (Å²) >= 11 is 1.41. The Kier molecular flexibility index (Phi) is 8.92. The Morgan fingerprint density at radius 3 is 2.26 bits per heavy atom. The molecule has 0 saturated carbocycles. The normalized spacial score (nSPS) is 15.2. The molecule has 4 rings (SSSR count). The first-order valence-corrected chi connectivity index (χ1v) is 15.0. The van der Waals surface area contributed by atoms with Crippen molar-refractivity contribution in [1.29, 1.82) is 0 Å². The lowest BCUT2D eigenvalue weighted by atomic mass is 9.96. The first-order chi connectivity index (χ1) is 18.1. The van der Waals surface area contributed by atoms with Gasteiger partial charge in [0.05, 0.1) is 19.1 Å². The van der Waals surface area contributed by atoms with Crippen LogP contribution in [0.5, 0.6) is 11.5 Å². The number of amides is 1. The molecule has 9 nitrogen and oxygen atoms in total. The number of rotatable bonds is 10. The number of piperidine rings is 1. The van der Waals surface area contributed by atoms with Gasteiger partial charge < -0.3 is 14.4 Å². The van der Waals surface area contributed by atoms with Crippen LogP contribution in [0, 0.1) is 12.8 Å². The van der Waals surface area contributed by atoms with Crippen LogP contribution in [0.25, 0.3) is 10.2 Å². The molecule has 0 atom stereocenters. The van der Waals surface area contributed by atoms with Crippen LogP contribution >= 0.6 is 11.3 Å². The van der Waals surface area contributed by atoms with Crippen molar-refractivity contribution in [2.45, 2.75) is 31.1 Å². The van der Waals surface area contributed by atoms with Crippen LogP contribution in [-0.4, -0.2) is 83.0 Å². The molecule has 1 aromatic heterocycles. The fourth-order valence-electron chi connectivity index (χ4n) is 4.66. The number of sulfonamides is 1. The van der Waals surface area contributed by atoms with E-state index in [9.17, 15) is 13.2 Å². The second kappa shape index (κ2) is 12.0. The summed E-state index contributed by atoms with van der Waals surface area (Å²) in [6.07, 6.45) is 1.71. The molecule has 3 aromatic rings. The van der Waals surface area contributed by atoms with Crippen LogP contribution in [-0.2, 0) is 14.8 Å². The van der Waals surface area contributed by atoms with E-state index in [1.807, 2.05) is 33.2 Å². The van der Waals surface area contributed by atoms with Crippen molar-refractivity contribution < 1.29 is 22.7 Å². The minimum absolute atomic E-state index is 0.0203. The van der Waals surface area contributed by atoms with Crippen LogP contribution in [0.1, 0.15) is 24.8 Å². The van der Waals surface area contributed by atoms with Crippen molar-refractivity contribution in [1.82, 2.24) is 14.2 Å². The molecule has 0 unspecified atom stereocenters. The number of thiazole rings is 1. The Morgan fingerprint density at radius 1 is 1.03 bits per heavy atom. The van der Waals surface area contributed by atoms with E-state index in [4.69, 9.17) is 14.5 Å². The fourth-order valence-corrected chi connectivity index (χ4v) is 7.23. The topological polar surface area (TPSA) is 92.3 Å². The molecule has 0 radical (unpaired) electrons. The Bertz CT molecular complexity index is 1320. The highest BCUT2D eigenvalue weighted by Gasteiger charge is 2.35. The lowest BCUT2D eigenvalue weighted by Crippen LogP contribution is -2.45. The van der Waals surface area contributed by atoms with Gasteiger partial charge in [0.25, 0.3) is 0 Å². The molecule has 2 heterocycles. The zero-order valence-corrected chi connectivity index (χ0v) is 24.3. The van der Waals surface area contributed by atoms with E-state index in [0.29, 0.717) is 54.6 Å². The number of aryl methyl sites for hydroxylation is 1. The predicted molar refractivity (Wildman–Crippen MR) is 151 cm³/mol. The van der Waals surface area contributed by atoms with Crippen molar-refractivity contribution in [3.05, 3.63) is 42.0 Å². The average molecular weight is 561 g/mol. The lowest BCUT2D eigenvalue weighted by Gasteiger charge is -2.33. The molecule has 1 aliphatic heterocycles. The Hall–Kier alpha value is -2.73. The van der Waals surface area contributed by atoms with E-state index in [0.717, 1.165) is 23.2 Å². The highest BCUT2D eigenvalue weighted by molar-refractivity contribution is 7.89. The third-order valence-corrected chi connectivity index (χ3v) is 9.85. The summed E-state index contributed by atoms with van der Waals surface area (Å²) in [6.45, 7) is 3.88. The molecule has 0 spiro atoms. The van der Waals surface area contributed by atoms with Gasteiger partial charge in [0, 0.05) is 25.6 Å². The second-order valence-corrected chi connectivity index (χ2v) is 12.7. The van der Waals surface area contributed by atoms with Gasteiger partial charge in [-0.2, -0.15) is 4.31 Å². The number of fused-ring (bicyclic) bond motifs is 1. The second-order valence-electron chi connectivity index (χ2n) is 9.78. The van der Waals surface area contributed by atoms with Gasteiger partial charge in [-0.15, -0.1) is 0 Å². The first-order valence-electron chi connectivity index (χ1n) is 12.7. The number of hydrogen-bond donors (Lipinski definition) is 0. The predicted octanol–water partition coefficient (Wildman–Crippen LogP) is 4.01. The molecule has 1 saturated heterocycles. The van der Waals surface area contributed by atoms with Crippen molar-refractivity contribution in [3.63, 3.8) is 0 Å². The molecule has 2 aromatic carbocycles. The number of aromatic nitrogens is 1. The van der Waals surface area contributed by atoms with Gasteiger partial charge in [0.2, 0.25) is 15.9 Å². The minimum atomic E-state index is -3.59. The van der Waals surface area contributed by atoms with Gasteiger partial charge >= 0.3 is 0 Å². The highest BCUT2D eigenvalue weighted by Crippen LogP contribution is 2.41. The number of nitrogens with zero attached hydrogens (tertiary/aromatic N) is 4. The van der Waals surface area contributed by atoms with Crippen LogP contribution in [0.3, 0.4) is 0 Å². The Morgan fingerprint density at radius 2 is 1.66 bits per heavy atom. The molecule has 0 bridgehead atoms. The summed E-state index contributed by atoms with van der Waals surface area (Å²) in [5.41, 5.74) is 1.67. The maximum atomic E-state index is 13.9. The zero-order valence-electron chi connectivity index (χ0n) is 22.6. The molecule has 1 amide bonds. The number of benzene rings is 2. The molecular formula is C27H36N4O5S2. The molecule has 1 aliphatic rings. The van der Waals surface area contributed by atoms with Crippen LogP contribution in [0.4, 0.5) is 5.13 Å². The van der Waals surface area contributed by atoms with E-state index in [1.54, 1.807) is 43.4 Å². The molecule has 1 fully saturated rings. The molecule has 11 heteroatoms. The zero-order chi connectivity index (χ0) is 27.4. The van der Waals surface area contributed by atoms with Gasteiger partial charge in [0.1, 0.15) is 21.7 Å². The molecule has 38 heavy (non-hydrogen) atoms. The van der Waals surface area contributed by atoms with Crippen LogP contribution < -0.4 is 14.4 Å². The maximum Gasteiger partial charge on any atom is 0.243 e. The largest absolute Gasteiger partial charge is 0.495 e. The Labute approximate surface area is 229 Å². The van der Waals surface area contributed by atoms with Gasteiger partial charge in [-0.1, -0.05) is 29.0 Å². The molecule has 0 aliphatic carbocycles. The lowest BCUT2D eigenvalue weighted by molar-refractivity contribution is -0.123. The SMILES string of the molecule is COc1ccc(OC)c2sc(N(CCCN(C)C)C(=O)C3CCN(S(=O)(=O)c4ccc(C)cc4)CC3)nc12. The number of methoxy groups -OCH3 is 2. The van der Waals surface area contributed by atoms with E-state index in [-0.39, 0.29) is 16.7 Å². The van der Waals surface area contributed by atoms with Gasteiger partial charge in [0.15, 0.2) is 5.13 Å². The first kappa shape index (κ1) is 28.3. The quantitative estimate of drug-likeness (QED) is 0.370. The summed E-state index contributed by atoms with van der Waals surface area (Å²) in [5, 5.41) is 0.598. The van der Waals surface area contributed by atoms with Crippen LogP contribution in [0.15, 0.2) is 41.3 Å².